The number of hydrogen-bond acceptors (Lipinski definition) is 9. The minimum atomic E-state index is 0.413. The molecule has 0 aliphatic carbocycles. The number of aryl methyl sites for hydroxylation is 1. The van der Waals surface area contributed by atoms with Crippen molar-refractivity contribution in [2.45, 2.75) is 17.2 Å². The highest BCUT2D eigenvalue weighted by atomic mass is 32.2. The van der Waals surface area contributed by atoms with Gasteiger partial charge in [0.05, 0.1) is 18.1 Å². The van der Waals surface area contributed by atoms with E-state index >= 15 is 0 Å². The topological polar surface area (TPSA) is 73.9 Å². The number of methoxy groups -OCH3 is 1. The number of ether oxygens (including phenoxy) is 1. The Hall–Kier alpha value is -2.75. The normalized spacial score (nSPS) is 11.2. The average Bonchev–Trinajstić information content (AvgIpc) is 3.48. The maximum atomic E-state index is 5.92. The maximum Gasteiger partial charge on any atom is 0.283 e. The molecule has 6 nitrogen and oxygen atoms in total. The Morgan fingerprint density at radius 3 is 2.72 bits per heavy atom. The highest BCUT2D eigenvalue weighted by molar-refractivity contribution is 7.99. The van der Waals surface area contributed by atoms with E-state index in [-0.39, 0.29) is 0 Å². The summed E-state index contributed by atoms with van der Waals surface area (Å²) in [6.07, 6.45) is 0. The summed E-state index contributed by atoms with van der Waals surface area (Å²) in [5.41, 5.74) is 1.89. The molecule has 0 atom stereocenters. The summed E-state index contributed by atoms with van der Waals surface area (Å²) in [5.74, 6) is 1.81. The van der Waals surface area contributed by atoms with E-state index in [1.807, 2.05) is 37.3 Å². The lowest BCUT2D eigenvalue weighted by atomic mass is 10.2. The molecule has 0 saturated heterocycles. The molecule has 5 aromatic rings. The van der Waals surface area contributed by atoms with Crippen LogP contribution in [0.2, 0.25) is 0 Å². The van der Waals surface area contributed by atoms with Crippen molar-refractivity contribution in [2.24, 2.45) is 0 Å². The van der Waals surface area contributed by atoms with Crippen LogP contribution < -0.4 is 4.74 Å². The van der Waals surface area contributed by atoms with Crippen LogP contribution in [0.15, 0.2) is 61.8 Å². The van der Waals surface area contributed by atoms with Crippen LogP contribution in [0, 0.1) is 6.92 Å². The molecule has 0 amide bonds. The van der Waals surface area contributed by atoms with Gasteiger partial charge in [-0.2, -0.15) is 0 Å². The minimum Gasteiger partial charge on any atom is -0.496 e. The van der Waals surface area contributed by atoms with Crippen molar-refractivity contribution in [1.82, 2.24) is 20.2 Å². The predicted molar refractivity (Wildman–Crippen MR) is 116 cm³/mol. The number of nitrogens with zero attached hydrogens (tertiary/aromatic N) is 4. The van der Waals surface area contributed by atoms with E-state index in [0.717, 1.165) is 26.4 Å². The lowest BCUT2D eigenvalue weighted by molar-refractivity contribution is 0.411. The zero-order chi connectivity index (χ0) is 19.8. The second-order valence-corrected chi connectivity index (χ2v) is 8.80. The summed E-state index contributed by atoms with van der Waals surface area (Å²) >= 11 is 4.67. The molecule has 144 valence electrons. The van der Waals surface area contributed by atoms with Crippen LogP contribution in [0.5, 0.6) is 5.75 Å². The highest BCUT2D eigenvalue weighted by Gasteiger charge is 2.19. The van der Waals surface area contributed by atoms with Gasteiger partial charge in [-0.05, 0) is 42.3 Å². The first-order valence-electron chi connectivity index (χ1n) is 8.67. The Balaban J connectivity index is 1.56. The number of thiophene rings is 2. The molecule has 4 aromatic heterocycles. The van der Waals surface area contributed by atoms with Crippen LogP contribution in [0.3, 0.4) is 0 Å². The van der Waals surface area contributed by atoms with Crippen LogP contribution in [0.25, 0.3) is 32.1 Å². The number of rotatable bonds is 5. The Kier molecular flexibility index (Phi) is 4.78. The van der Waals surface area contributed by atoms with Gasteiger partial charge in [-0.1, -0.05) is 18.2 Å². The first-order chi connectivity index (χ1) is 14.2. The smallest absolute Gasteiger partial charge is 0.283 e. The van der Waals surface area contributed by atoms with E-state index in [1.165, 1.54) is 16.6 Å². The zero-order valence-electron chi connectivity index (χ0n) is 15.4. The maximum absolute atomic E-state index is 5.92. The number of aromatic nitrogens is 4. The lowest BCUT2D eigenvalue weighted by Gasteiger charge is -2.04. The van der Waals surface area contributed by atoms with Gasteiger partial charge in [0.1, 0.15) is 21.4 Å². The van der Waals surface area contributed by atoms with Gasteiger partial charge < -0.3 is 9.15 Å². The van der Waals surface area contributed by atoms with Gasteiger partial charge in [-0.25, -0.2) is 9.97 Å². The molecule has 9 heteroatoms. The minimum absolute atomic E-state index is 0.413. The summed E-state index contributed by atoms with van der Waals surface area (Å²) in [7, 11) is 1.62. The molecule has 0 fully saturated rings. The number of hydrogen-bond donors (Lipinski definition) is 0. The molecular formula is C20H14N4O2S3. The summed E-state index contributed by atoms with van der Waals surface area (Å²) in [4.78, 5) is 11.4. The van der Waals surface area contributed by atoms with Crippen molar-refractivity contribution in [1.29, 1.82) is 0 Å². The van der Waals surface area contributed by atoms with E-state index in [2.05, 4.69) is 37.0 Å². The molecule has 0 saturated carbocycles. The molecule has 0 aliphatic heterocycles. The fraction of sp³-hybridized carbons (Fsp3) is 0.100. The largest absolute Gasteiger partial charge is 0.496 e. The predicted octanol–water partition coefficient (Wildman–Crippen LogP) is 5.94. The zero-order valence-corrected chi connectivity index (χ0v) is 17.9. The van der Waals surface area contributed by atoms with Crippen molar-refractivity contribution in [3.63, 3.8) is 0 Å². The second-order valence-electron chi connectivity index (χ2n) is 6.06. The van der Waals surface area contributed by atoms with Crippen LogP contribution in [0.1, 0.15) is 5.82 Å². The molecule has 0 spiro atoms. The van der Waals surface area contributed by atoms with Gasteiger partial charge >= 0.3 is 0 Å². The number of fused-ring (bicyclic) bond motifs is 1. The SMILES string of the molecule is COc1ccccc1-c1nnc(Sc2nc(C)nc3scc(-c4cccs4)c23)o1. The average molecular weight is 439 g/mol. The van der Waals surface area contributed by atoms with Gasteiger partial charge in [-0.15, -0.1) is 32.9 Å². The van der Waals surface area contributed by atoms with Gasteiger partial charge in [0.15, 0.2) is 0 Å². The van der Waals surface area contributed by atoms with E-state index < -0.39 is 0 Å². The van der Waals surface area contributed by atoms with Gasteiger partial charge in [0, 0.05) is 15.8 Å². The Morgan fingerprint density at radius 2 is 1.90 bits per heavy atom. The van der Waals surface area contributed by atoms with Crippen LogP contribution in [-0.2, 0) is 0 Å². The van der Waals surface area contributed by atoms with Gasteiger partial charge in [-0.3, -0.25) is 0 Å². The summed E-state index contributed by atoms with van der Waals surface area (Å²) in [5, 5.41) is 14.9. The Morgan fingerprint density at radius 1 is 1.00 bits per heavy atom. The van der Waals surface area contributed by atoms with Crippen molar-refractivity contribution in [3.8, 4) is 27.6 Å². The number of para-hydroxylation sites is 1. The molecule has 0 aliphatic rings. The molecule has 1 aromatic carbocycles. The molecular weight excluding hydrogens is 424 g/mol. The van der Waals surface area contributed by atoms with E-state index in [9.17, 15) is 0 Å². The van der Waals surface area contributed by atoms with E-state index in [0.29, 0.717) is 22.7 Å². The van der Waals surface area contributed by atoms with Crippen molar-refractivity contribution >= 4 is 44.7 Å². The van der Waals surface area contributed by atoms with Gasteiger partial charge in [0.2, 0.25) is 0 Å². The Bertz CT molecular complexity index is 1290. The first-order valence-corrected chi connectivity index (χ1v) is 11.2. The van der Waals surface area contributed by atoms with Gasteiger partial charge in [0.25, 0.3) is 11.1 Å². The molecule has 29 heavy (non-hydrogen) atoms. The molecule has 5 rings (SSSR count). The fourth-order valence-corrected chi connectivity index (χ4v) is 5.69. The lowest BCUT2D eigenvalue weighted by Crippen LogP contribution is -1.91. The van der Waals surface area contributed by atoms with Crippen molar-refractivity contribution < 1.29 is 9.15 Å². The first kappa shape index (κ1) is 18.3. The quantitative estimate of drug-likeness (QED) is 0.314. The highest BCUT2D eigenvalue weighted by Crippen LogP contribution is 2.42. The van der Waals surface area contributed by atoms with E-state index in [4.69, 9.17) is 9.15 Å². The summed E-state index contributed by atoms with van der Waals surface area (Å²) in [6.45, 7) is 1.89. The summed E-state index contributed by atoms with van der Waals surface area (Å²) in [6, 6.07) is 11.7. The Labute approximate surface area is 178 Å². The van der Waals surface area contributed by atoms with Crippen LogP contribution >= 0.6 is 34.4 Å². The van der Waals surface area contributed by atoms with Crippen LogP contribution in [0.4, 0.5) is 0 Å². The van der Waals surface area contributed by atoms with Crippen LogP contribution in [-0.4, -0.2) is 27.3 Å². The third kappa shape index (κ3) is 3.41. The van der Waals surface area contributed by atoms with Crippen molar-refractivity contribution in [2.75, 3.05) is 7.11 Å². The summed E-state index contributed by atoms with van der Waals surface area (Å²) < 4.78 is 11.3. The molecule has 0 radical (unpaired) electrons. The van der Waals surface area contributed by atoms with E-state index in [1.54, 1.807) is 29.8 Å². The molecule has 0 unspecified atom stereocenters. The standard InChI is InChI=1S/C20H14N4O2S3/c1-11-21-18-16(13(10-28-18)15-8-5-9-27-15)19(22-11)29-20-24-23-17(26-20)12-6-3-4-7-14(12)25-2/h3-10H,1-2H3. The van der Waals surface area contributed by atoms with Crippen molar-refractivity contribution in [3.05, 3.63) is 53.0 Å². The third-order valence-corrected chi connectivity index (χ3v) is 6.83. The third-order valence-electron chi connectivity index (χ3n) is 4.23. The second kappa shape index (κ2) is 7.58. The fourth-order valence-electron chi connectivity index (χ4n) is 2.96. The molecule has 0 bridgehead atoms. The monoisotopic (exact) mass is 438 g/mol. The molecule has 4 heterocycles. The number of benzene rings is 1. The molecule has 0 N–H and O–H groups in total.